The van der Waals surface area contributed by atoms with E-state index >= 15 is 0 Å². The third-order valence-corrected chi connectivity index (χ3v) is 4.27. The lowest BCUT2D eigenvalue weighted by Gasteiger charge is -2.17. The van der Waals surface area contributed by atoms with Crippen LogP contribution in [0.1, 0.15) is 43.7 Å². The fourth-order valence-corrected chi connectivity index (χ4v) is 2.54. The van der Waals surface area contributed by atoms with Gasteiger partial charge in [-0.15, -0.1) is 0 Å². The summed E-state index contributed by atoms with van der Waals surface area (Å²) in [7, 11) is 0. The van der Waals surface area contributed by atoms with Crippen LogP contribution in [0.25, 0.3) is 0 Å². The molecule has 0 aromatic heterocycles. The van der Waals surface area contributed by atoms with Crippen LogP contribution >= 0.6 is 11.6 Å². The summed E-state index contributed by atoms with van der Waals surface area (Å²) < 4.78 is 0. The fraction of sp³-hybridized carbons (Fsp3) is 0.571. The van der Waals surface area contributed by atoms with E-state index in [9.17, 15) is 0 Å². The quantitative estimate of drug-likeness (QED) is 0.840. The first-order valence-corrected chi connectivity index (χ1v) is 6.58. The number of benzene rings is 1. The van der Waals surface area contributed by atoms with Crippen molar-refractivity contribution in [2.75, 3.05) is 0 Å². The van der Waals surface area contributed by atoms with Crippen LogP contribution in [0.5, 0.6) is 0 Å². The predicted molar refractivity (Wildman–Crippen MR) is 67.9 cm³/mol. The Labute approximate surface area is 102 Å². The van der Waals surface area contributed by atoms with Crippen molar-refractivity contribution in [1.82, 2.24) is 5.32 Å². The zero-order valence-electron chi connectivity index (χ0n) is 9.72. The van der Waals surface area contributed by atoms with Gasteiger partial charge in [-0.3, -0.25) is 0 Å². The summed E-state index contributed by atoms with van der Waals surface area (Å²) in [5.74, 6) is 0. The van der Waals surface area contributed by atoms with Crippen LogP contribution in [0, 0.1) is 0 Å². The van der Waals surface area contributed by atoms with Gasteiger partial charge in [0.05, 0.1) is 0 Å². The monoisotopic (exact) mass is 235 g/mol. The third-order valence-electron chi connectivity index (χ3n) is 3.91. The lowest BCUT2D eigenvalue weighted by atomic mass is 9.93. The zero-order valence-corrected chi connectivity index (χ0v) is 10.5. The second-order valence-electron chi connectivity index (χ2n) is 5.48. The molecule has 0 bridgehead atoms. The average Bonchev–Trinajstić information content (AvgIpc) is 3.13. The Morgan fingerprint density at radius 1 is 1.38 bits per heavy atom. The van der Waals surface area contributed by atoms with Gasteiger partial charge in [-0.25, -0.2) is 0 Å². The minimum atomic E-state index is 0.408. The van der Waals surface area contributed by atoms with Crippen LogP contribution in [0.3, 0.4) is 0 Å². The first-order chi connectivity index (χ1) is 7.69. The molecule has 2 saturated carbocycles. The van der Waals surface area contributed by atoms with E-state index in [-0.39, 0.29) is 0 Å². The van der Waals surface area contributed by atoms with Crippen molar-refractivity contribution < 1.29 is 0 Å². The van der Waals surface area contributed by atoms with Gasteiger partial charge in [-0.1, -0.05) is 30.7 Å². The number of rotatable bonds is 4. The Hall–Kier alpha value is -0.530. The van der Waals surface area contributed by atoms with E-state index in [2.05, 4.69) is 24.4 Å². The Bertz CT molecular complexity index is 405. The van der Waals surface area contributed by atoms with Gasteiger partial charge in [-0.05, 0) is 48.3 Å². The molecule has 0 amide bonds. The molecule has 2 fully saturated rings. The molecule has 1 aromatic rings. The highest BCUT2D eigenvalue weighted by Gasteiger charge is 2.40. The zero-order chi connectivity index (χ0) is 11.2. The summed E-state index contributed by atoms with van der Waals surface area (Å²) in [4.78, 5) is 0. The van der Waals surface area contributed by atoms with E-state index in [1.165, 1.54) is 36.8 Å². The normalized spacial score (nSPS) is 22.1. The molecule has 1 N–H and O–H groups in total. The maximum atomic E-state index is 6.33. The van der Waals surface area contributed by atoms with Gasteiger partial charge in [0.1, 0.15) is 0 Å². The smallest absolute Gasteiger partial charge is 0.0453 e. The van der Waals surface area contributed by atoms with Crippen molar-refractivity contribution in [1.29, 1.82) is 0 Å². The van der Waals surface area contributed by atoms with Crippen LogP contribution in [-0.2, 0) is 12.0 Å². The molecule has 1 nitrogen and oxygen atoms in total. The summed E-state index contributed by atoms with van der Waals surface area (Å²) in [6, 6.07) is 7.10. The number of hydrogen-bond acceptors (Lipinski definition) is 1. The van der Waals surface area contributed by atoms with Gasteiger partial charge in [-0.2, -0.15) is 0 Å². The highest BCUT2D eigenvalue weighted by molar-refractivity contribution is 6.31. The molecule has 0 aliphatic heterocycles. The van der Waals surface area contributed by atoms with Crippen LogP contribution in [0.15, 0.2) is 18.2 Å². The molecule has 2 aliphatic carbocycles. The molecule has 0 spiro atoms. The van der Waals surface area contributed by atoms with Gasteiger partial charge < -0.3 is 5.32 Å². The molecule has 3 rings (SSSR count). The number of hydrogen-bond donors (Lipinski definition) is 1. The molecule has 0 atom stereocenters. The Morgan fingerprint density at radius 2 is 2.12 bits per heavy atom. The van der Waals surface area contributed by atoms with Crippen LogP contribution < -0.4 is 5.32 Å². The maximum Gasteiger partial charge on any atom is 0.0453 e. The second kappa shape index (κ2) is 3.75. The molecular formula is C14H18ClN. The summed E-state index contributed by atoms with van der Waals surface area (Å²) >= 11 is 6.33. The van der Waals surface area contributed by atoms with Gasteiger partial charge >= 0.3 is 0 Å². The van der Waals surface area contributed by atoms with E-state index in [0.717, 1.165) is 17.6 Å². The third kappa shape index (κ3) is 1.99. The first-order valence-electron chi connectivity index (χ1n) is 6.20. The minimum Gasteiger partial charge on any atom is -0.310 e. The maximum absolute atomic E-state index is 6.33. The molecule has 0 heterocycles. The summed E-state index contributed by atoms with van der Waals surface area (Å²) in [5, 5.41) is 4.50. The summed E-state index contributed by atoms with van der Waals surface area (Å²) in [6.07, 6.45) is 5.28. The topological polar surface area (TPSA) is 12.0 Å². The highest BCUT2D eigenvalue weighted by Crippen LogP contribution is 2.49. The summed E-state index contributed by atoms with van der Waals surface area (Å²) in [6.45, 7) is 3.29. The van der Waals surface area contributed by atoms with E-state index in [1.54, 1.807) is 0 Å². The van der Waals surface area contributed by atoms with E-state index < -0.39 is 0 Å². The minimum absolute atomic E-state index is 0.408. The highest BCUT2D eigenvalue weighted by atomic mass is 35.5. The molecule has 2 aliphatic rings. The molecule has 1 aromatic carbocycles. The SMILES string of the molecule is CC1(c2cccc(Cl)c2CNC2CC2)CC1. The molecule has 16 heavy (non-hydrogen) atoms. The number of halogens is 1. The largest absolute Gasteiger partial charge is 0.310 e. The van der Waals surface area contributed by atoms with Gasteiger partial charge in [0.15, 0.2) is 0 Å². The molecule has 0 radical (unpaired) electrons. The van der Waals surface area contributed by atoms with Crippen LogP contribution in [0.4, 0.5) is 0 Å². The predicted octanol–water partition coefficient (Wildman–Crippen LogP) is 3.64. The van der Waals surface area contributed by atoms with E-state index in [1.807, 2.05) is 6.07 Å². The standard InChI is InChI=1S/C14H18ClN/c1-14(7-8-14)12-3-2-4-13(15)11(12)9-16-10-5-6-10/h2-4,10,16H,5-9H2,1H3. The Balaban J connectivity index is 1.86. The van der Waals surface area contributed by atoms with Gasteiger partial charge in [0, 0.05) is 17.6 Å². The lowest BCUT2D eigenvalue weighted by Crippen LogP contribution is -2.18. The molecular weight excluding hydrogens is 218 g/mol. The Morgan fingerprint density at radius 3 is 2.75 bits per heavy atom. The van der Waals surface area contributed by atoms with Crippen molar-refractivity contribution in [2.45, 2.75) is 50.6 Å². The van der Waals surface area contributed by atoms with Crippen molar-refractivity contribution in [3.05, 3.63) is 34.3 Å². The van der Waals surface area contributed by atoms with Crippen molar-refractivity contribution in [2.24, 2.45) is 0 Å². The van der Waals surface area contributed by atoms with Crippen molar-refractivity contribution in [3.63, 3.8) is 0 Å². The van der Waals surface area contributed by atoms with Crippen molar-refractivity contribution in [3.8, 4) is 0 Å². The molecule has 86 valence electrons. The van der Waals surface area contributed by atoms with Crippen LogP contribution in [-0.4, -0.2) is 6.04 Å². The molecule has 0 saturated heterocycles. The van der Waals surface area contributed by atoms with E-state index in [4.69, 9.17) is 11.6 Å². The Kier molecular flexibility index (Phi) is 2.49. The van der Waals surface area contributed by atoms with Crippen LogP contribution in [0.2, 0.25) is 5.02 Å². The average molecular weight is 236 g/mol. The lowest BCUT2D eigenvalue weighted by molar-refractivity contribution is 0.668. The molecule has 0 unspecified atom stereocenters. The fourth-order valence-electron chi connectivity index (χ4n) is 2.29. The first kappa shape index (κ1) is 10.6. The number of nitrogens with one attached hydrogen (secondary N) is 1. The van der Waals surface area contributed by atoms with Crippen molar-refractivity contribution >= 4 is 11.6 Å². The van der Waals surface area contributed by atoms with E-state index in [0.29, 0.717) is 5.41 Å². The molecule has 2 heteroatoms. The second-order valence-corrected chi connectivity index (χ2v) is 5.89. The van der Waals surface area contributed by atoms with Gasteiger partial charge in [0.2, 0.25) is 0 Å². The summed E-state index contributed by atoms with van der Waals surface area (Å²) in [5.41, 5.74) is 3.20. The van der Waals surface area contributed by atoms with Gasteiger partial charge in [0.25, 0.3) is 0 Å².